The number of benzene rings is 2. The zero-order valence-electron chi connectivity index (χ0n) is 13.6. The first kappa shape index (κ1) is 17.9. The maximum atomic E-state index is 10.3. The molecule has 0 bridgehead atoms. The van der Waals surface area contributed by atoms with Gasteiger partial charge in [-0.25, -0.2) is 0 Å². The molecule has 0 aliphatic heterocycles. The average Bonchev–Trinajstić information content (AvgIpc) is 2.62. The van der Waals surface area contributed by atoms with E-state index in [-0.39, 0.29) is 0 Å². The van der Waals surface area contributed by atoms with E-state index in [1.807, 2.05) is 48.5 Å². The summed E-state index contributed by atoms with van der Waals surface area (Å²) in [6.45, 7) is 3.55. The van der Waals surface area contributed by atoms with Crippen LogP contribution in [0, 0.1) is 4.91 Å². The van der Waals surface area contributed by atoms with Gasteiger partial charge in [0.25, 0.3) is 0 Å². The van der Waals surface area contributed by atoms with Crippen molar-refractivity contribution in [3.05, 3.63) is 65.1 Å². The van der Waals surface area contributed by atoms with E-state index in [0.717, 1.165) is 11.3 Å². The van der Waals surface area contributed by atoms with Crippen LogP contribution < -0.4 is 14.8 Å². The van der Waals surface area contributed by atoms with Gasteiger partial charge in [0.05, 0.1) is 0 Å². The van der Waals surface area contributed by atoms with Crippen LogP contribution in [-0.4, -0.2) is 30.6 Å². The number of aliphatic hydroxyl groups excluding tert-OH is 1. The van der Waals surface area contributed by atoms with E-state index >= 15 is 0 Å². The molecule has 0 aliphatic rings. The van der Waals surface area contributed by atoms with Gasteiger partial charge in [0.2, 0.25) is 6.23 Å². The number of rotatable bonds is 10. The quantitative estimate of drug-likeness (QED) is 0.517. The van der Waals surface area contributed by atoms with E-state index in [1.54, 1.807) is 13.0 Å². The fourth-order valence-electron chi connectivity index (χ4n) is 2.08. The van der Waals surface area contributed by atoms with E-state index in [2.05, 4.69) is 10.5 Å². The molecule has 0 saturated carbocycles. The van der Waals surface area contributed by atoms with Crippen molar-refractivity contribution in [3.63, 3.8) is 0 Å². The standard InChI is InChI=1S/C18H22N2O4/c1-14(18(21)20-22)24-17-9-5-6-15(12-17)13-19-10-11-23-16-7-3-2-4-8-16/h2-9,12,14,18-19,21H,10-11,13H2,1H3. The van der Waals surface area contributed by atoms with Gasteiger partial charge in [0, 0.05) is 13.1 Å². The molecule has 6 heteroatoms. The van der Waals surface area contributed by atoms with Crippen LogP contribution in [0.5, 0.6) is 11.5 Å². The summed E-state index contributed by atoms with van der Waals surface area (Å²) in [6.07, 6.45) is -2.06. The molecule has 2 atom stereocenters. The third-order valence-electron chi connectivity index (χ3n) is 3.37. The molecular formula is C18H22N2O4. The number of hydrogen-bond donors (Lipinski definition) is 2. The van der Waals surface area contributed by atoms with Gasteiger partial charge in [-0.2, -0.15) is 0 Å². The van der Waals surface area contributed by atoms with Crippen LogP contribution in [0.25, 0.3) is 0 Å². The number of nitroso groups, excluding NO2 is 1. The van der Waals surface area contributed by atoms with Gasteiger partial charge in [0.1, 0.15) is 24.2 Å². The molecule has 2 aromatic rings. The van der Waals surface area contributed by atoms with Gasteiger partial charge < -0.3 is 19.9 Å². The van der Waals surface area contributed by atoms with Crippen LogP contribution in [-0.2, 0) is 6.54 Å². The summed E-state index contributed by atoms with van der Waals surface area (Å²) >= 11 is 0. The molecule has 24 heavy (non-hydrogen) atoms. The second-order valence-corrected chi connectivity index (χ2v) is 5.33. The lowest BCUT2D eigenvalue weighted by Gasteiger charge is -2.16. The molecule has 0 heterocycles. The third-order valence-corrected chi connectivity index (χ3v) is 3.37. The van der Waals surface area contributed by atoms with Gasteiger partial charge in [-0.05, 0) is 41.9 Å². The van der Waals surface area contributed by atoms with Crippen LogP contribution >= 0.6 is 0 Å². The van der Waals surface area contributed by atoms with Crippen molar-refractivity contribution in [1.29, 1.82) is 0 Å². The Balaban J connectivity index is 1.73. The summed E-state index contributed by atoms with van der Waals surface area (Å²) in [5.74, 6) is 1.44. The molecule has 0 saturated heterocycles. The van der Waals surface area contributed by atoms with Gasteiger partial charge in [-0.3, -0.25) is 0 Å². The Bertz CT molecular complexity index is 621. The molecule has 0 fully saturated rings. The van der Waals surface area contributed by atoms with Crippen molar-refractivity contribution in [2.45, 2.75) is 25.8 Å². The average molecular weight is 330 g/mol. The highest BCUT2D eigenvalue weighted by Gasteiger charge is 2.15. The zero-order valence-corrected chi connectivity index (χ0v) is 13.6. The van der Waals surface area contributed by atoms with E-state index in [9.17, 15) is 10.0 Å². The number of nitrogens with one attached hydrogen (secondary N) is 1. The molecule has 2 unspecified atom stereocenters. The first-order valence-electron chi connectivity index (χ1n) is 7.83. The van der Waals surface area contributed by atoms with Crippen molar-refractivity contribution in [2.24, 2.45) is 5.18 Å². The summed E-state index contributed by atoms with van der Waals surface area (Å²) in [5.41, 5.74) is 1.04. The monoisotopic (exact) mass is 330 g/mol. The summed E-state index contributed by atoms with van der Waals surface area (Å²) in [6, 6.07) is 17.1. The second kappa shape index (κ2) is 9.64. The number of hydrogen-bond acceptors (Lipinski definition) is 6. The molecule has 6 nitrogen and oxygen atoms in total. The van der Waals surface area contributed by atoms with E-state index < -0.39 is 12.3 Å². The number of para-hydroxylation sites is 1. The number of ether oxygens (including phenoxy) is 2. The Kier molecular flexibility index (Phi) is 7.20. The lowest BCUT2D eigenvalue weighted by molar-refractivity contribution is 0.0526. The molecule has 2 N–H and O–H groups in total. The van der Waals surface area contributed by atoms with Crippen molar-refractivity contribution in [1.82, 2.24) is 5.32 Å². The predicted molar refractivity (Wildman–Crippen MR) is 92.0 cm³/mol. The van der Waals surface area contributed by atoms with E-state index in [4.69, 9.17) is 9.47 Å². The zero-order chi connectivity index (χ0) is 17.2. The van der Waals surface area contributed by atoms with Crippen LogP contribution in [0.15, 0.2) is 59.8 Å². The summed E-state index contributed by atoms with van der Waals surface area (Å²) in [4.78, 5) is 10.3. The lowest BCUT2D eigenvalue weighted by Crippen LogP contribution is -2.26. The van der Waals surface area contributed by atoms with E-state index in [0.29, 0.717) is 25.4 Å². The predicted octanol–water partition coefficient (Wildman–Crippen LogP) is 2.71. The molecule has 0 aromatic heterocycles. The highest BCUT2D eigenvalue weighted by Crippen LogP contribution is 2.16. The van der Waals surface area contributed by atoms with Gasteiger partial charge >= 0.3 is 0 Å². The largest absolute Gasteiger partial charge is 0.492 e. The minimum absolute atomic E-state index is 0.578. The molecule has 0 amide bonds. The SMILES string of the molecule is CC(Oc1cccc(CNCCOc2ccccc2)c1)C(O)N=O. The minimum Gasteiger partial charge on any atom is -0.492 e. The Morgan fingerprint density at radius 3 is 2.62 bits per heavy atom. The van der Waals surface area contributed by atoms with E-state index in [1.165, 1.54) is 0 Å². The first-order chi connectivity index (χ1) is 11.7. The maximum absolute atomic E-state index is 10.3. The first-order valence-corrected chi connectivity index (χ1v) is 7.83. The fourth-order valence-corrected chi connectivity index (χ4v) is 2.08. The molecule has 2 rings (SSSR count). The van der Waals surface area contributed by atoms with Gasteiger partial charge in [-0.15, -0.1) is 4.91 Å². The van der Waals surface area contributed by atoms with Crippen LogP contribution in [0.3, 0.4) is 0 Å². The molecule has 0 aliphatic carbocycles. The van der Waals surface area contributed by atoms with Crippen molar-refractivity contribution in [2.75, 3.05) is 13.2 Å². The maximum Gasteiger partial charge on any atom is 0.224 e. The summed E-state index contributed by atoms with van der Waals surface area (Å²) < 4.78 is 11.1. The Morgan fingerprint density at radius 1 is 1.12 bits per heavy atom. The Labute approximate surface area is 141 Å². The molecular weight excluding hydrogens is 308 g/mol. The topological polar surface area (TPSA) is 80.2 Å². The van der Waals surface area contributed by atoms with Crippen LogP contribution in [0.2, 0.25) is 0 Å². The summed E-state index contributed by atoms with van der Waals surface area (Å²) in [7, 11) is 0. The van der Waals surface area contributed by atoms with Crippen molar-refractivity contribution < 1.29 is 14.6 Å². The third kappa shape index (κ3) is 5.98. The Hall–Kier alpha value is -2.44. The molecule has 0 radical (unpaired) electrons. The summed E-state index contributed by atoms with van der Waals surface area (Å²) in [5, 5.41) is 15.2. The molecule has 2 aromatic carbocycles. The minimum atomic E-state index is -1.37. The van der Waals surface area contributed by atoms with Crippen LogP contribution in [0.4, 0.5) is 0 Å². The highest BCUT2D eigenvalue weighted by molar-refractivity contribution is 5.28. The normalized spacial score (nSPS) is 13.1. The second-order valence-electron chi connectivity index (χ2n) is 5.33. The molecule has 0 spiro atoms. The van der Waals surface area contributed by atoms with Gasteiger partial charge in [0.15, 0.2) is 0 Å². The number of nitrogens with zero attached hydrogens (tertiary/aromatic N) is 1. The Morgan fingerprint density at radius 2 is 1.88 bits per heavy atom. The number of aliphatic hydroxyl groups is 1. The van der Waals surface area contributed by atoms with Crippen LogP contribution in [0.1, 0.15) is 12.5 Å². The van der Waals surface area contributed by atoms with Crippen molar-refractivity contribution >= 4 is 0 Å². The molecule has 128 valence electrons. The lowest BCUT2D eigenvalue weighted by atomic mass is 10.2. The van der Waals surface area contributed by atoms with Gasteiger partial charge in [-0.1, -0.05) is 30.3 Å². The highest BCUT2D eigenvalue weighted by atomic mass is 16.5. The fraction of sp³-hybridized carbons (Fsp3) is 0.333. The smallest absolute Gasteiger partial charge is 0.224 e. The van der Waals surface area contributed by atoms with Crippen molar-refractivity contribution in [3.8, 4) is 11.5 Å².